The Morgan fingerprint density at radius 3 is 2.30 bits per heavy atom. The van der Waals surface area contributed by atoms with Crippen LogP contribution in [0.5, 0.6) is 17.2 Å². The van der Waals surface area contributed by atoms with Crippen LogP contribution in [-0.2, 0) is 16.1 Å². The monoisotopic (exact) mass is 903 g/mol. The lowest BCUT2D eigenvalue weighted by Gasteiger charge is -2.60. The zero-order chi connectivity index (χ0) is 46.8. The molecule has 1 fully saturated rings. The van der Waals surface area contributed by atoms with Gasteiger partial charge in [0.05, 0.1) is 29.9 Å². The lowest BCUT2D eigenvalue weighted by molar-refractivity contribution is -0.255. The Morgan fingerprint density at radius 1 is 0.910 bits per heavy atom. The summed E-state index contributed by atoms with van der Waals surface area (Å²) in [5, 5.41) is 34.4. The SMILES string of the molecule is C=CCOC12Oc3ccc(Oc4ccc(-c5ccccc5)cc4)cc3C3C(CCCCO)C(CCCCO)C=C(C(=NOCC)CC1N(Cc1ccc(F)cc1)C(=O)c1ccc(C#N)cc1)C32. The average molecular weight is 904 g/mol. The fourth-order valence-corrected chi connectivity index (χ4v) is 10.3. The van der Waals surface area contributed by atoms with Gasteiger partial charge in [0.2, 0.25) is 5.79 Å². The number of oxime groups is 1. The van der Waals surface area contributed by atoms with Gasteiger partial charge in [-0.25, -0.2) is 4.39 Å². The van der Waals surface area contributed by atoms with Gasteiger partial charge in [-0.1, -0.05) is 84.7 Å². The molecule has 2 N–H and O–H groups in total. The minimum atomic E-state index is -1.52. The van der Waals surface area contributed by atoms with E-state index in [-0.39, 0.29) is 56.4 Å². The Kier molecular flexibility index (Phi) is 15.3. The van der Waals surface area contributed by atoms with Crippen LogP contribution < -0.4 is 9.47 Å². The topological polar surface area (TPSA) is 134 Å². The number of halogens is 1. The van der Waals surface area contributed by atoms with Gasteiger partial charge in [0.15, 0.2) is 0 Å². The predicted octanol–water partition coefficient (Wildman–Crippen LogP) is 11.2. The third-order valence-corrected chi connectivity index (χ3v) is 13.3. The number of hydrogen-bond acceptors (Lipinski definition) is 9. The quantitative estimate of drug-likeness (QED) is 0.0448. The maximum atomic E-state index is 15.3. The van der Waals surface area contributed by atoms with Gasteiger partial charge < -0.3 is 34.2 Å². The standard InChI is InChI=1S/C56H58FN3O7/c1-3-32-64-56-52(60(37-39-18-24-44(57)25-19-39)55(63)42-20-16-38(36-58)17-21-42)35-50(59-65-4-2)48-33-43(14-8-10-30-61)47(15-9-11-31-62)53(54(48)56)49-34-46(28-29-51(49)67-56)66-45-26-22-41(23-27-45)40-12-6-5-7-13-40/h3,5-7,12-13,16-29,33-34,43,47,52-54,61-62H,1,4,8-11,14-15,30-32,35,37H2,2H3. The summed E-state index contributed by atoms with van der Waals surface area (Å²) in [5.41, 5.74) is 6.13. The first-order chi connectivity index (χ1) is 32.8. The maximum Gasteiger partial charge on any atom is 0.254 e. The van der Waals surface area contributed by atoms with E-state index >= 15 is 4.79 Å². The third-order valence-electron chi connectivity index (χ3n) is 13.3. The predicted molar refractivity (Wildman–Crippen MR) is 256 cm³/mol. The van der Waals surface area contributed by atoms with Crippen LogP contribution in [0.3, 0.4) is 0 Å². The van der Waals surface area contributed by atoms with Crippen molar-refractivity contribution in [3.8, 4) is 34.4 Å². The van der Waals surface area contributed by atoms with Gasteiger partial charge in [0.1, 0.15) is 35.7 Å². The first-order valence-electron chi connectivity index (χ1n) is 23.4. The molecule has 11 heteroatoms. The van der Waals surface area contributed by atoms with E-state index in [0.29, 0.717) is 59.1 Å². The van der Waals surface area contributed by atoms with Gasteiger partial charge in [-0.3, -0.25) is 4.79 Å². The summed E-state index contributed by atoms with van der Waals surface area (Å²) in [6.07, 6.45) is 8.58. The molecule has 1 heterocycles. The summed E-state index contributed by atoms with van der Waals surface area (Å²) >= 11 is 0. The highest BCUT2D eigenvalue weighted by Crippen LogP contribution is 2.62. The molecule has 67 heavy (non-hydrogen) atoms. The number of hydrogen-bond donors (Lipinski definition) is 2. The lowest BCUT2D eigenvalue weighted by Crippen LogP contribution is -2.70. The van der Waals surface area contributed by atoms with Gasteiger partial charge in [0, 0.05) is 43.2 Å². The van der Waals surface area contributed by atoms with Crippen LogP contribution in [0.1, 0.15) is 84.8 Å². The van der Waals surface area contributed by atoms with Gasteiger partial charge in [-0.05, 0) is 133 Å². The summed E-state index contributed by atoms with van der Waals surface area (Å²) in [7, 11) is 0. The highest BCUT2D eigenvalue weighted by molar-refractivity contribution is 6.03. The smallest absolute Gasteiger partial charge is 0.254 e. The largest absolute Gasteiger partial charge is 0.459 e. The molecule has 2 aliphatic carbocycles. The summed E-state index contributed by atoms with van der Waals surface area (Å²) in [5.74, 6) is -1.16. The molecule has 6 unspecified atom stereocenters. The van der Waals surface area contributed by atoms with Gasteiger partial charge >= 0.3 is 0 Å². The molecule has 6 atom stereocenters. The van der Waals surface area contributed by atoms with Crippen molar-refractivity contribution in [3.05, 3.63) is 174 Å². The third kappa shape index (κ3) is 10.2. The van der Waals surface area contributed by atoms with Crippen molar-refractivity contribution in [1.82, 2.24) is 4.90 Å². The number of amides is 1. The molecule has 8 rings (SSSR count). The van der Waals surface area contributed by atoms with Crippen molar-refractivity contribution in [2.45, 2.75) is 76.2 Å². The van der Waals surface area contributed by atoms with E-state index in [0.717, 1.165) is 47.9 Å². The second kappa shape index (κ2) is 21.8. The summed E-state index contributed by atoms with van der Waals surface area (Å²) in [6, 6.07) is 38.0. The molecule has 0 aromatic heterocycles. The van der Waals surface area contributed by atoms with Crippen molar-refractivity contribution in [1.29, 1.82) is 5.26 Å². The Hall–Kier alpha value is -6.58. The second-order valence-electron chi connectivity index (χ2n) is 17.4. The van der Waals surface area contributed by atoms with E-state index in [1.165, 1.54) is 12.1 Å². The number of rotatable bonds is 20. The molecule has 1 saturated carbocycles. The Labute approximate surface area is 392 Å². The molecule has 0 saturated heterocycles. The number of benzene rings is 5. The number of carbonyl (C=O) groups is 1. The van der Waals surface area contributed by atoms with Crippen molar-refractivity contribution in [3.63, 3.8) is 0 Å². The number of allylic oxidation sites excluding steroid dienone is 1. The van der Waals surface area contributed by atoms with Crippen LogP contribution in [0.25, 0.3) is 11.1 Å². The van der Waals surface area contributed by atoms with Crippen molar-refractivity contribution < 1.29 is 38.4 Å². The van der Waals surface area contributed by atoms with Crippen molar-refractivity contribution in [2.75, 3.05) is 26.4 Å². The zero-order valence-corrected chi connectivity index (χ0v) is 37.9. The summed E-state index contributed by atoms with van der Waals surface area (Å²) in [6.45, 7) is 6.54. The fraction of sp³-hybridized carbons (Fsp3) is 0.339. The van der Waals surface area contributed by atoms with Crippen LogP contribution in [0.15, 0.2) is 151 Å². The number of aliphatic hydroxyl groups is 2. The van der Waals surface area contributed by atoms with Crippen LogP contribution >= 0.6 is 0 Å². The van der Waals surface area contributed by atoms with Crippen molar-refractivity contribution >= 4 is 11.6 Å². The Balaban J connectivity index is 1.32. The van der Waals surface area contributed by atoms with E-state index < -0.39 is 23.6 Å². The molecule has 5 aromatic rings. The van der Waals surface area contributed by atoms with E-state index in [4.69, 9.17) is 24.2 Å². The highest BCUT2D eigenvalue weighted by atomic mass is 19.1. The molecule has 0 bridgehead atoms. The van der Waals surface area contributed by atoms with Crippen LogP contribution in [-0.4, -0.2) is 65.0 Å². The van der Waals surface area contributed by atoms with Crippen LogP contribution in [0, 0.1) is 34.9 Å². The number of ether oxygens (including phenoxy) is 3. The minimum Gasteiger partial charge on any atom is -0.459 e. The first kappa shape index (κ1) is 46.9. The molecule has 10 nitrogen and oxygen atoms in total. The van der Waals surface area contributed by atoms with E-state index in [9.17, 15) is 19.9 Å². The average Bonchev–Trinajstić information content (AvgIpc) is 3.36. The Morgan fingerprint density at radius 2 is 1.61 bits per heavy atom. The normalized spacial score (nSPS) is 22.0. The van der Waals surface area contributed by atoms with E-state index in [1.54, 1.807) is 47.4 Å². The van der Waals surface area contributed by atoms with E-state index in [2.05, 4.69) is 36.9 Å². The number of aliphatic hydroxyl groups excluding tert-OH is 2. The van der Waals surface area contributed by atoms with Crippen LogP contribution in [0.2, 0.25) is 0 Å². The number of unbranched alkanes of at least 4 members (excludes halogenated alkanes) is 2. The first-order valence-corrected chi connectivity index (χ1v) is 23.4. The molecular formula is C56H58FN3O7. The molecule has 0 spiro atoms. The number of nitriles is 1. The lowest BCUT2D eigenvalue weighted by atomic mass is 9.55. The van der Waals surface area contributed by atoms with Gasteiger partial charge in [0.25, 0.3) is 5.91 Å². The van der Waals surface area contributed by atoms with Crippen molar-refractivity contribution in [2.24, 2.45) is 22.9 Å². The van der Waals surface area contributed by atoms with Gasteiger partial charge in [-0.2, -0.15) is 5.26 Å². The maximum absolute atomic E-state index is 15.3. The second-order valence-corrected chi connectivity index (χ2v) is 17.4. The van der Waals surface area contributed by atoms with Crippen LogP contribution in [0.4, 0.5) is 4.39 Å². The number of fused-ring (bicyclic) bond motifs is 2. The van der Waals surface area contributed by atoms with Gasteiger partial charge in [-0.15, -0.1) is 6.58 Å². The molecule has 0 radical (unpaired) electrons. The highest BCUT2D eigenvalue weighted by Gasteiger charge is 2.65. The molecular weight excluding hydrogens is 846 g/mol. The number of nitrogens with zero attached hydrogens (tertiary/aromatic N) is 3. The minimum absolute atomic E-state index is 0.000578. The molecule has 1 aliphatic heterocycles. The Bertz CT molecular complexity index is 2580. The zero-order valence-electron chi connectivity index (χ0n) is 37.9. The molecule has 3 aliphatic rings. The summed E-state index contributed by atoms with van der Waals surface area (Å²) in [4.78, 5) is 22.9. The summed E-state index contributed by atoms with van der Waals surface area (Å²) < 4.78 is 35.6. The molecule has 5 aromatic carbocycles. The molecule has 1 amide bonds. The molecule has 346 valence electrons. The van der Waals surface area contributed by atoms with E-state index in [1.807, 2.05) is 61.5 Å². The number of carbonyl (C=O) groups excluding carboxylic acids is 1. The fourth-order valence-electron chi connectivity index (χ4n) is 10.3.